The summed E-state index contributed by atoms with van der Waals surface area (Å²) in [5.74, 6) is 0.0838. The topological polar surface area (TPSA) is 32.3 Å². The lowest BCUT2D eigenvalue weighted by molar-refractivity contribution is -0.116. The third kappa shape index (κ3) is 2.52. The number of amides is 1. The molecule has 1 aliphatic heterocycles. The Hall–Kier alpha value is -2.29. The lowest BCUT2D eigenvalue weighted by Crippen LogP contribution is -2.33. The first-order chi connectivity index (χ1) is 9.74. The molecule has 0 saturated heterocycles. The number of para-hydroxylation sites is 2. The Morgan fingerprint density at radius 2 is 1.80 bits per heavy atom. The molecule has 3 nitrogen and oxygen atoms in total. The van der Waals surface area contributed by atoms with Crippen LogP contribution in [0.25, 0.3) is 0 Å². The van der Waals surface area contributed by atoms with Crippen LogP contribution in [0.15, 0.2) is 54.6 Å². The molecular weight excluding hydrogens is 248 g/mol. The molecule has 1 atom stereocenters. The smallest absolute Gasteiger partial charge is 0.226 e. The number of carbonyl (C=O) groups excluding carboxylic acids is 1. The largest absolute Gasteiger partial charge is 0.362 e. The highest BCUT2D eigenvalue weighted by Crippen LogP contribution is 2.32. The lowest BCUT2D eigenvalue weighted by atomic mass is 10.1. The maximum Gasteiger partial charge on any atom is 0.226 e. The van der Waals surface area contributed by atoms with Crippen LogP contribution in [0.2, 0.25) is 0 Å². The van der Waals surface area contributed by atoms with E-state index in [4.69, 9.17) is 0 Å². The molecule has 0 bridgehead atoms. The standard InChI is InChI=1S/C17H18N2O/c1-13-11-17(20)18-15-9-5-6-10-16(15)19(13)12-14-7-3-2-4-8-14/h2-10,13H,11-12H2,1H3,(H,18,20)/t13-/m1/s1. The predicted octanol–water partition coefficient (Wildman–Crippen LogP) is 3.42. The second-order valence-electron chi connectivity index (χ2n) is 5.23. The first kappa shape index (κ1) is 12.7. The zero-order valence-corrected chi connectivity index (χ0v) is 11.5. The monoisotopic (exact) mass is 266 g/mol. The van der Waals surface area contributed by atoms with Gasteiger partial charge in [0.2, 0.25) is 5.91 Å². The van der Waals surface area contributed by atoms with E-state index >= 15 is 0 Å². The van der Waals surface area contributed by atoms with Gasteiger partial charge in [0.05, 0.1) is 11.4 Å². The van der Waals surface area contributed by atoms with Crippen LogP contribution in [-0.4, -0.2) is 11.9 Å². The zero-order chi connectivity index (χ0) is 13.9. The third-order valence-electron chi connectivity index (χ3n) is 3.70. The van der Waals surface area contributed by atoms with E-state index < -0.39 is 0 Å². The van der Waals surface area contributed by atoms with Crippen LogP contribution in [0.3, 0.4) is 0 Å². The zero-order valence-electron chi connectivity index (χ0n) is 11.5. The highest BCUT2D eigenvalue weighted by atomic mass is 16.1. The number of carbonyl (C=O) groups is 1. The Morgan fingerprint density at radius 3 is 2.60 bits per heavy atom. The van der Waals surface area contributed by atoms with Crippen LogP contribution in [0.5, 0.6) is 0 Å². The Labute approximate surface area is 119 Å². The minimum Gasteiger partial charge on any atom is -0.362 e. The average molecular weight is 266 g/mol. The highest BCUT2D eigenvalue weighted by molar-refractivity contribution is 5.96. The van der Waals surface area contributed by atoms with Crippen molar-refractivity contribution >= 4 is 17.3 Å². The van der Waals surface area contributed by atoms with Crippen molar-refractivity contribution in [1.29, 1.82) is 0 Å². The van der Waals surface area contributed by atoms with Crippen LogP contribution in [-0.2, 0) is 11.3 Å². The summed E-state index contributed by atoms with van der Waals surface area (Å²) in [6.07, 6.45) is 0.515. The number of hydrogen-bond acceptors (Lipinski definition) is 2. The van der Waals surface area contributed by atoms with Gasteiger partial charge >= 0.3 is 0 Å². The van der Waals surface area contributed by atoms with Gasteiger partial charge < -0.3 is 10.2 Å². The lowest BCUT2D eigenvalue weighted by Gasteiger charge is -2.30. The van der Waals surface area contributed by atoms with Crippen LogP contribution >= 0.6 is 0 Å². The van der Waals surface area contributed by atoms with Crippen LogP contribution in [0.4, 0.5) is 11.4 Å². The fraction of sp³-hybridized carbons (Fsp3) is 0.235. The maximum absolute atomic E-state index is 11.9. The number of benzene rings is 2. The SMILES string of the molecule is C[C@@H]1CC(=O)Nc2ccccc2N1Cc1ccccc1. The molecule has 1 aliphatic rings. The molecule has 1 heterocycles. The summed E-state index contributed by atoms with van der Waals surface area (Å²) >= 11 is 0. The Kier molecular flexibility index (Phi) is 3.42. The van der Waals surface area contributed by atoms with Crippen molar-refractivity contribution in [3.8, 4) is 0 Å². The quantitative estimate of drug-likeness (QED) is 0.903. The van der Waals surface area contributed by atoms with Gasteiger partial charge in [-0.25, -0.2) is 0 Å². The molecule has 0 saturated carbocycles. The van der Waals surface area contributed by atoms with E-state index in [1.807, 2.05) is 36.4 Å². The van der Waals surface area contributed by atoms with Crippen molar-refractivity contribution < 1.29 is 4.79 Å². The van der Waals surface area contributed by atoms with Gasteiger partial charge in [-0.3, -0.25) is 4.79 Å². The summed E-state index contributed by atoms with van der Waals surface area (Å²) in [5.41, 5.74) is 3.25. The molecule has 2 aromatic rings. The minimum atomic E-state index is 0.0838. The molecule has 20 heavy (non-hydrogen) atoms. The summed E-state index contributed by atoms with van der Waals surface area (Å²) < 4.78 is 0. The van der Waals surface area contributed by atoms with Gasteiger partial charge in [0, 0.05) is 19.0 Å². The van der Waals surface area contributed by atoms with Crippen molar-refractivity contribution in [2.75, 3.05) is 10.2 Å². The Morgan fingerprint density at radius 1 is 1.10 bits per heavy atom. The van der Waals surface area contributed by atoms with Gasteiger partial charge in [0.1, 0.15) is 0 Å². The molecule has 1 N–H and O–H groups in total. The third-order valence-corrected chi connectivity index (χ3v) is 3.70. The Balaban J connectivity index is 1.97. The molecule has 1 amide bonds. The van der Waals surface area contributed by atoms with Gasteiger partial charge in [-0.05, 0) is 24.6 Å². The average Bonchev–Trinajstić information content (AvgIpc) is 2.57. The molecule has 0 aromatic heterocycles. The normalized spacial score (nSPS) is 18.1. The predicted molar refractivity (Wildman–Crippen MR) is 81.8 cm³/mol. The first-order valence-corrected chi connectivity index (χ1v) is 6.93. The van der Waals surface area contributed by atoms with E-state index in [0.717, 1.165) is 17.9 Å². The van der Waals surface area contributed by atoms with Crippen molar-refractivity contribution in [3.63, 3.8) is 0 Å². The van der Waals surface area contributed by atoms with E-state index in [0.29, 0.717) is 6.42 Å². The van der Waals surface area contributed by atoms with Crippen molar-refractivity contribution in [2.24, 2.45) is 0 Å². The van der Waals surface area contributed by atoms with E-state index in [1.54, 1.807) is 0 Å². The highest BCUT2D eigenvalue weighted by Gasteiger charge is 2.24. The molecule has 102 valence electrons. The molecular formula is C17H18N2O. The minimum absolute atomic E-state index is 0.0838. The number of anilines is 2. The fourth-order valence-corrected chi connectivity index (χ4v) is 2.67. The molecule has 0 spiro atoms. The second-order valence-corrected chi connectivity index (χ2v) is 5.23. The summed E-state index contributed by atoms with van der Waals surface area (Å²) in [4.78, 5) is 14.2. The van der Waals surface area contributed by atoms with E-state index in [-0.39, 0.29) is 11.9 Å². The molecule has 2 aromatic carbocycles. The maximum atomic E-state index is 11.9. The Bertz CT molecular complexity index is 609. The fourth-order valence-electron chi connectivity index (χ4n) is 2.67. The van der Waals surface area contributed by atoms with Crippen molar-refractivity contribution in [3.05, 3.63) is 60.2 Å². The van der Waals surface area contributed by atoms with Gasteiger partial charge in [0.25, 0.3) is 0 Å². The molecule has 0 aliphatic carbocycles. The van der Waals surface area contributed by atoms with Crippen molar-refractivity contribution in [1.82, 2.24) is 0 Å². The van der Waals surface area contributed by atoms with Crippen molar-refractivity contribution in [2.45, 2.75) is 25.9 Å². The van der Waals surface area contributed by atoms with Gasteiger partial charge in [-0.15, -0.1) is 0 Å². The number of nitrogens with one attached hydrogen (secondary N) is 1. The van der Waals surface area contributed by atoms with Crippen LogP contribution in [0.1, 0.15) is 18.9 Å². The molecule has 0 radical (unpaired) electrons. The number of rotatable bonds is 2. The van der Waals surface area contributed by atoms with Gasteiger partial charge in [0.15, 0.2) is 0 Å². The molecule has 0 unspecified atom stereocenters. The molecule has 3 rings (SSSR count). The number of nitrogens with zero attached hydrogens (tertiary/aromatic N) is 1. The van der Waals surface area contributed by atoms with Crippen LogP contribution < -0.4 is 10.2 Å². The van der Waals surface area contributed by atoms with Crippen LogP contribution in [0, 0.1) is 0 Å². The van der Waals surface area contributed by atoms with E-state index in [2.05, 4.69) is 35.3 Å². The summed E-state index contributed by atoms with van der Waals surface area (Å²) in [7, 11) is 0. The molecule has 3 heteroatoms. The van der Waals surface area contributed by atoms with E-state index in [9.17, 15) is 4.79 Å². The van der Waals surface area contributed by atoms with E-state index in [1.165, 1.54) is 5.56 Å². The number of fused-ring (bicyclic) bond motifs is 1. The molecule has 0 fully saturated rings. The van der Waals surface area contributed by atoms with Gasteiger partial charge in [-0.1, -0.05) is 42.5 Å². The summed E-state index contributed by atoms with van der Waals surface area (Å²) in [6, 6.07) is 18.5. The summed E-state index contributed by atoms with van der Waals surface area (Å²) in [5, 5.41) is 2.99. The first-order valence-electron chi connectivity index (χ1n) is 6.93. The van der Waals surface area contributed by atoms with Gasteiger partial charge in [-0.2, -0.15) is 0 Å². The number of hydrogen-bond donors (Lipinski definition) is 1. The second kappa shape index (κ2) is 5.37. The summed E-state index contributed by atoms with van der Waals surface area (Å²) in [6.45, 7) is 2.92.